The van der Waals surface area contributed by atoms with Gasteiger partial charge in [0.1, 0.15) is 11.5 Å². The van der Waals surface area contributed by atoms with Crippen molar-refractivity contribution in [2.45, 2.75) is 19.5 Å². The van der Waals surface area contributed by atoms with Gasteiger partial charge in [-0.2, -0.15) is 0 Å². The van der Waals surface area contributed by atoms with Crippen LogP contribution in [0.2, 0.25) is 0 Å². The van der Waals surface area contributed by atoms with Crippen molar-refractivity contribution in [3.8, 4) is 22.6 Å². The predicted octanol–water partition coefficient (Wildman–Crippen LogP) is 3.89. The summed E-state index contributed by atoms with van der Waals surface area (Å²) in [5.41, 5.74) is 4.47. The van der Waals surface area contributed by atoms with Crippen molar-refractivity contribution < 1.29 is 8.91 Å². The Balaban J connectivity index is 1.29. The summed E-state index contributed by atoms with van der Waals surface area (Å²) in [5, 5.41) is 4.08. The van der Waals surface area contributed by atoms with Crippen molar-refractivity contribution in [2.75, 3.05) is 6.54 Å². The lowest BCUT2D eigenvalue weighted by atomic mass is 10.1. The molecule has 0 saturated heterocycles. The molecule has 6 nitrogen and oxygen atoms in total. The largest absolute Gasteiger partial charge is 0.359 e. The first-order valence-electron chi connectivity index (χ1n) is 9.44. The lowest BCUT2D eigenvalue weighted by Crippen LogP contribution is -2.30. The zero-order valence-electron chi connectivity index (χ0n) is 15.6. The van der Waals surface area contributed by atoms with Crippen LogP contribution in [0.4, 0.5) is 4.39 Å². The third-order valence-electron chi connectivity index (χ3n) is 4.99. The average Bonchev–Trinajstić information content (AvgIpc) is 3.22. The van der Waals surface area contributed by atoms with Crippen molar-refractivity contribution in [3.63, 3.8) is 0 Å². The van der Waals surface area contributed by atoms with Crippen LogP contribution in [0.5, 0.6) is 0 Å². The van der Waals surface area contributed by atoms with Crippen molar-refractivity contribution in [1.29, 1.82) is 0 Å². The summed E-state index contributed by atoms with van der Waals surface area (Å²) in [6, 6.07) is 12.1. The van der Waals surface area contributed by atoms with Gasteiger partial charge in [0.2, 0.25) is 0 Å². The van der Waals surface area contributed by atoms with Gasteiger partial charge >= 0.3 is 0 Å². The van der Waals surface area contributed by atoms with Crippen molar-refractivity contribution >= 4 is 0 Å². The van der Waals surface area contributed by atoms with Crippen molar-refractivity contribution in [2.24, 2.45) is 0 Å². The number of pyridine rings is 1. The normalized spacial score (nSPS) is 14.0. The lowest BCUT2D eigenvalue weighted by molar-refractivity contribution is 0.213. The molecule has 0 atom stereocenters. The van der Waals surface area contributed by atoms with Crippen LogP contribution in [0.25, 0.3) is 22.6 Å². The number of rotatable bonds is 4. The summed E-state index contributed by atoms with van der Waals surface area (Å²) in [7, 11) is 0. The molecule has 0 spiro atoms. The summed E-state index contributed by atoms with van der Waals surface area (Å²) in [5.74, 6) is 1.17. The van der Waals surface area contributed by atoms with Gasteiger partial charge in [0.25, 0.3) is 0 Å². The van der Waals surface area contributed by atoms with Crippen molar-refractivity contribution in [3.05, 3.63) is 83.9 Å². The fraction of sp³-hybridized carbons (Fsp3) is 0.182. The average molecular weight is 387 g/mol. The second kappa shape index (κ2) is 7.52. The Labute approximate surface area is 167 Å². The minimum absolute atomic E-state index is 0.287. The van der Waals surface area contributed by atoms with Crippen molar-refractivity contribution in [1.82, 2.24) is 25.0 Å². The van der Waals surface area contributed by atoms with E-state index in [0.29, 0.717) is 23.6 Å². The third kappa shape index (κ3) is 3.77. The maximum absolute atomic E-state index is 13.4. The number of benzene rings is 1. The first-order chi connectivity index (χ1) is 14.2. The van der Waals surface area contributed by atoms with E-state index in [-0.39, 0.29) is 5.82 Å². The summed E-state index contributed by atoms with van der Waals surface area (Å²) in [6.07, 6.45) is 6.26. The molecule has 0 bridgehead atoms. The Kier molecular flexibility index (Phi) is 4.57. The maximum Gasteiger partial charge on any atom is 0.160 e. The summed E-state index contributed by atoms with van der Waals surface area (Å²) in [6.45, 7) is 2.25. The second-order valence-corrected chi connectivity index (χ2v) is 7.06. The van der Waals surface area contributed by atoms with Gasteiger partial charge in [-0.05, 0) is 24.3 Å². The number of aromatic nitrogens is 4. The molecule has 0 unspecified atom stereocenters. The Morgan fingerprint density at radius 3 is 2.86 bits per heavy atom. The van der Waals surface area contributed by atoms with E-state index in [0.717, 1.165) is 42.1 Å². The molecule has 1 aliphatic rings. The lowest BCUT2D eigenvalue weighted by Gasteiger charge is -2.26. The number of hydrogen-bond donors (Lipinski definition) is 0. The summed E-state index contributed by atoms with van der Waals surface area (Å²) < 4.78 is 18.9. The quantitative estimate of drug-likeness (QED) is 0.529. The second-order valence-electron chi connectivity index (χ2n) is 7.06. The van der Waals surface area contributed by atoms with Crippen LogP contribution in [0.15, 0.2) is 65.6 Å². The van der Waals surface area contributed by atoms with Gasteiger partial charge in [0.05, 0.1) is 12.2 Å². The molecule has 5 rings (SSSR count). The van der Waals surface area contributed by atoms with Gasteiger partial charge in [0.15, 0.2) is 11.6 Å². The van der Waals surface area contributed by atoms with Crippen LogP contribution in [0.1, 0.15) is 17.0 Å². The minimum Gasteiger partial charge on any atom is -0.359 e. The van der Waals surface area contributed by atoms with Gasteiger partial charge in [-0.1, -0.05) is 17.3 Å². The highest BCUT2D eigenvalue weighted by Crippen LogP contribution is 2.24. The van der Waals surface area contributed by atoms with E-state index in [4.69, 9.17) is 9.51 Å². The van der Waals surface area contributed by atoms with E-state index in [9.17, 15) is 4.39 Å². The molecule has 1 aromatic carbocycles. The molecular weight excluding hydrogens is 369 g/mol. The van der Waals surface area contributed by atoms with Gasteiger partial charge in [-0.15, -0.1) is 0 Å². The Morgan fingerprint density at radius 1 is 1.07 bits per heavy atom. The molecule has 0 radical (unpaired) electrons. The van der Waals surface area contributed by atoms with Crippen LogP contribution in [0, 0.1) is 5.82 Å². The van der Waals surface area contributed by atoms with E-state index in [1.165, 1.54) is 12.1 Å². The van der Waals surface area contributed by atoms with Crippen LogP contribution < -0.4 is 0 Å². The molecule has 1 aliphatic heterocycles. The number of halogens is 1. The first-order valence-corrected chi connectivity index (χ1v) is 9.44. The van der Waals surface area contributed by atoms with Crippen LogP contribution in [0.3, 0.4) is 0 Å². The first kappa shape index (κ1) is 17.6. The fourth-order valence-electron chi connectivity index (χ4n) is 3.54. The molecule has 7 heteroatoms. The van der Waals surface area contributed by atoms with Crippen LogP contribution >= 0.6 is 0 Å². The summed E-state index contributed by atoms with van der Waals surface area (Å²) >= 11 is 0. The number of nitrogens with zero attached hydrogens (tertiary/aromatic N) is 5. The molecule has 0 saturated carbocycles. The maximum atomic E-state index is 13.4. The topological polar surface area (TPSA) is 67.9 Å². The minimum atomic E-state index is -0.287. The van der Waals surface area contributed by atoms with Gasteiger partial charge < -0.3 is 4.52 Å². The highest BCUT2D eigenvalue weighted by molar-refractivity contribution is 5.58. The molecule has 3 aromatic heterocycles. The predicted molar refractivity (Wildman–Crippen MR) is 105 cm³/mol. The molecule has 144 valence electrons. The highest BCUT2D eigenvalue weighted by Gasteiger charge is 2.20. The molecule has 0 amide bonds. The van der Waals surface area contributed by atoms with Crippen LogP contribution in [-0.2, 0) is 19.5 Å². The number of hydrogen-bond acceptors (Lipinski definition) is 6. The van der Waals surface area contributed by atoms with Gasteiger partial charge in [-0.25, -0.2) is 14.4 Å². The Morgan fingerprint density at radius 2 is 2.00 bits per heavy atom. The fourth-order valence-corrected chi connectivity index (χ4v) is 3.54. The molecule has 0 aliphatic carbocycles. The van der Waals surface area contributed by atoms with E-state index < -0.39 is 0 Å². The van der Waals surface area contributed by atoms with E-state index in [2.05, 4.69) is 20.0 Å². The molecule has 0 N–H and O–H groups in total. The smallest absolute Gasteiger partial charge is 0.160 e. The van der Waals surface area contributed by atoms with E-state index >= 15 is 0 Å². The molecule has 29 heavy (non-hydrogen) atoms. The molecule has 4 heterocycles. The number of fused-ring (bicyclic) bond motifs is 1. The third-order valence-corrected chi connectivity index (χ3v) is 4.99. The molecule has 0 fully saturated rings. The Bertz CT molecular complexity index is 1140. The SMILES string of the molecule is Fc1cccc(-c2cc(CN3CCc4nc(-c5cccnc5)ncc4C3)on2)c1. The van der Waals surface area contributed by atoms with Gasteiger partial charge in [0, 0.05) is 60.9 Å². The standard InChI is InChI=1S/C22H18FN5O/c23-18-5-1-3-15(9-18)21-10-19(29-27-21)14-28-8-6-20-17(13-28)12-25-22(26-20)16-4-2-7-24-11-16/h1-5,7,9-12H,6,8,13-14H2. The highest BCUT2D eigenvalue weighted by atomic mass is 19.1. The summed E-state index contributed by atoms with van der Waals surface area (Å²) in [4.78, 5) is 15.6. The molecular formula is C22H18FN5O. The van der Waals surface area contributed by atoms with E-state index in [1.54, 1.807) is 18.5 Å². The zero-order valence-corrected chi connectivity index (χ0v) is 15.6. The van der Waals surface area contributed by atoms with Crippen LogP contribution in [-0.4, -0.2) is 31.6 Å². The Hall–Kier alpha value is -3.45. The van der Waals surface area contributed by atoms with E-state index in [1.807, 2.05) is 30.5 Å². The van der Waals surface area contributed by atoms with Gasteiger partial charge in [-0.3, -0.25) is 9.88 Å². The zero-order chi connectivity index (χ0) is 19.6. The monoisotopic (exact) mass is 387 g/mol. The molecule has 4 aromatic rings.